The molecule has 0 aliphatic rings. The van der Waals surface area contributed by atoms with Gasteiger partial charge in [0.2, 0.25) is 0 Å². The van der Waals surface area contributed by atoms with Gasteiger partial charge in [-0.05, 0) is 22.9 Å². The molecule has 0 aromatic carbocycles. The van der Waals surface area contributed by atoms with Crippen LogP contribution in [0.4, 0.5) is 0 Å². The molecule has 0 bridgehead atoms. The van der Waals surface area contributed by atoms with E-state index in [9.17, 15) is 8.42 Å². The summed E-state index contributed by atoms with van der Waals surface area (Å²) >= 11 is 3.15. The van der Waals surface area contributed by atoms with Gasteiger partial charge in [-0.3, -0.25) is 4.68 Å². The molecular formula is C8H9BrN4O2S. The molecule has 2 heterocycles. The van der Waals surface area contributed by atoms with Gasteiger partial charge in [0.05, 0.1) is 22.6 Å². The highest BCUT2D eigenvalue weighted by atomic mass is 79.9. The fraction of sp³-hybridized carbons (Fsp3) is 0.250. The van der Waals surface area contributed by atoms with E-state index in [-0.39, 0.29) is 4.90 Å². The van der Waals surface area contributed by atoms with Crippen molar-refractivity contribution in [1.29, 1.82) is 0 Å². The monoisotopic (exact) mass is 304 g/mol. The van der Waals surface area contributed by atoms with Gasteiger partial charge in [0.25, 0.3) is 10.0 Å². The van der Waals surface area contributed by atoms with Crippen LogP contribution >= 0.6 is 15.9 Å². The van der Waals surface area contributed by atoms with Crippen molar-refractivity contribution < 1.29 is 8.42 Å². The zero-order chi connectivity index (χ0) is 11.9. The van der Waals surface area contributed by atoms with Crippen molar-refractivity contribution >= 4 is 26.0 Å². The minimum absolute atomic E-state index is 0.158. The highest BCUT2D eigenvalue weighted by Crippen LogP contribution is 2.17. The summed E-state index contributed by atoms with van der Waals surface area (Å²) in [5.41, 5.74) is 0.453. The van der Waals surface area contributed by atoms with Crippen LogP contribution < -0.4 is 0 Å². The highest BCUT2D eigenvalue weighted by Gasteiger charge is 2.22. The molecule has 0 spiro atoms. The Morgan fingerprint density at radius 2 is 2.06 bits per heavy atom. The second-order valence-electron chi connectivity index (χ2n) is 3.29. The number of rotatable bonds is 2. The summed E-state index contributed by atoms with van der Waals surface area (Å²) in [4.78, 5) is 0.158. The smallest absolute Gasteiger partial charge is 0.274 e. The molecule has 0 N–H and O–H groups in total. The van der Waals surface area contributed by atoms with Crippen LogP contribution in [0.5, 0.6) is 0 Å². The van der Waals surface area contributed by atoms with Gasteiger partial charge in [0.15, 0.2) is 0 Å². The van der Waals surface area contributed by atoms with Crippen LogP contribution in [-0.2, 0) is 17.1 Å². The summed E-state index contributed by atoms with van der Waals surface area (Å²) in [5, 5.41) is 7.75. The summed E-state index contributed by atoms with van der Waals surface area (Å²) < 4.78 is 27.2. The molecule has 0 saturated carbocycles. The number of halogens is 1. The summed E-state index contributed by atoms with van der Waals surface area (Å²) in [6, 6.07) is 0. The van der Waals surface area contributed by atoms with E-state index < -0.39 is 10.0 Å². The lowest BCUT2D eigenvalue weighted by molar-refractivity contribution is 0.579. The quantitative estimate of drug-likeness (QED) is 0.827. The maximum absolute atomic E-state index is 12.1. The van der Waals surface area contributed by atoms with Gasteiger partial charge < -0.3 is 0 Å². The molecule has 6 nitrogen and oxygen atoms in total. The average molecular weight is 305 g/mol. The van der Waals surface area contributed by atoms with Crippen molar-refractivity contribution in [1.82, 2.24) is 19.0 Å². The van der Waals surface area contributed by atoms with E-state index in [4.69, 9.17) is 0 Å². The summed E-state index contributed by atoms with van der Waals surface area (Å²) in [6.07, 6.45) is 4.27. The van der Waals surface area contributed by atoms with Crippen LogP contribution in [0.25, 0.3) is 0 Å². The van der Waals surface area contributed by atoms with E-state index in [1.165, 1.54) is 23.3 Å². The Kier molecular flexibility index (Phi) is 2.62. The minimum atomic E-state index is -3.64. The standard InChI is InChI=1S/C8H9BrN4O2S/c1-6-8(5-12(2)11-6)16(14,15)13-4-7(9)3-10-13/h3-5H,1-2H3. The van der Waals surface area contributed by atoms with Crippen LogP contribution in [0.3, 0.4) is 0 Å². The Morgan fingerprint density at radius 3 is 2.50 bits per heavy atom. The fourth-order valence-corrected chi connectivity index (χ4v) is 3.09. The van der Waals surface area contributed by atoms with Gasteiger partial charge in [0.1, 0.15) is 4.90 Å². The average Bonchev–Trinajstić information content (AvgIpc) is 2.73. The summed E-state index contributed by atoms with van der Waals surface area (Å²) in [6.45, 7) is 1.64. The molecule has 0 fully saturated rings. The third kappa shape index (κ3) is 1.78. The van der Waals surface area contributed by atoms with Crippen LogP contribution in [-0.4, -0.2) is 27.4 Å². The van der Waals surface area contributed by atoms with Gasteiger partial charge in [0, 0.05) is 13.2 Å². The zero-order valence-electron chi connectivity index (χ0n) is 8.62. The molecule has 2 rings (SSSR count). The van der Waals surface area contributed by atoms with Crippen molar-refractivity contribution in [2.45, 2.75) is 11.8 Å². The molecule has 8 heteroatoms. The van der Waals surface area contributed by atoms with E-state index >= 15 is 0 Å². The largest absolute Gasteiger partial charge is 0.286 e. The van der Waals surface area contributed by atoms with E-state index in [0.29, 0.717) is 10.2 Å². The lowest BCUT2D eigenvalue weighted by Gasteiger charge is -2.01. The minimum Gasteiger partial charge on any atom is -0.274 e. The first kappa shape index (κ1) is 11.3. The lowest BCUT2D eigenvalue weighted by atomic mass is 10.5. The highest BCUT2D eigenvalue weighted by molar-refractivity contribution is 9.10. The summed E-state index contributed by atoms with van der Waals surface area (Å²) in [7, 11) is -1.96. The molecule has 86 valence electrons. The van der Waals surface area contributed by atoms with Gasteiger partial charge >= 0.3 is 0 Å². The molecular weight excluding hydrogens is 296 g/mol. The summed E-state index contributed by atoms with van der Waals surface area (Å²) in [5.74, 6) is 0. The first-order valence-electron chi connectivity index (χ1n) is 4.37. The number of nitrogens with zero attached hydrogens (tertiary/aromatic N) is 4. The molecule has 16 heavy (non-hydrogen) atoms. The topological polar surface area (TPSA) is 69.8 Å². The number of hydrogen-bond acceptors (Lipinski definition) is 4. The van der Waals surface area contributed by atoms with Crippen LogP contribution in [0.15, 0.2) is 28.0 Å². The van der Waals surface area contributed by atoms with Crippen molar-refractivity contribution in [3.63, 3.8) is 0 Å². The fourth-order valence-electron chi connectivity index (χ4n) is 1.35. The molecule has 0 aliphatic carbocycles. The Bertz CT molecular complexity index is 628. The number of aromatic nitrogens is 4. The number of aryl methyl sites for hydroxylation is 2. The van der Waals surface area contributed by atoms with E-state index in [1.54, 1.807) is 14.0 Å². The predicted octanol–water partition coefficient (Wildman–Crippen LogP) is 0.925. The normalized spacial score (nSPS) is 11.9. The van der Waals surface area contributed by atoms with E-state index in [1.807, 2.05) is 0 Å². The molecule has 0 atom stereocenters. The lowest BCUT2D eigenvalue weighted by Crippen LogP contribution is -2.13. The Balaban J connectivity index is 2.59. The van der Waals surface area contributed by atoms with Crippen LogP contribution in [0.1, 0.15) is 5.69 Å². The van der Waals surface area contributed by atoms with E-state index in [0.717, 1.165) is 4.09 Å². The van der Waals surface area contributed by atoms with E-state index in [2.05, 4.69) is 26.1 Å². The molecule has 2 aromatic heterocycles. The van der Waals surface area contributed by atoms with Crippen LogP contribution in [0, 0.1) is 6.92 Å². The Hall–Kier alpha value is -1.15. The molecule has 2 aromatic rings. The maximum atomic E-state index is 12.1. The van der Waals surface area contributed by atoms with Gasteiger partial charge in [-0.15, -0.1) is 0 Å². The molecule has 0 aliphatic heterocycles. The zero-order valence-corrected chi connectivity index (χ0v) is 11.0. The third-order valence-corrected chi connectivity index (χ3v) is 4.08. The predicted molar refractivity (Wildman–Crippen MR) is 60.5 cm³/mol. The van der Waals surface area contributed by atoms with Gasteiger partial charge in [-0.1, -0.05) is 0 Å². The second kappa shape index (κ2) is 3.70. The van der Waals surface area contributed by atoms with Gasteiger partial charge in [-0.2, -0.15) is 22.7 Å². The first-order chi connectivity index (χ1) is 7.41. The van der Waals surface area contributed by atoms with Crippen molar-refractivity contribution in [3.05, 3.63) is 28.8 Å². The molecule has 0 saturated heterocycles. The molecule has 0 unspecified atom stereocenters. The Morgan fingerprint density at radius 1 is 1.38 bits per heavy atom. The molecule has 0 amide bonds. The SMILES string of the molecule is Cc1nn(C)cc1S(=O)(=O)n1cc(Br)cn1. The number of hydrogen-bond donors (Lipinski definition) is 0. The van der Waals surface area contributed by atoms with Crippen molar-refractivity contribution in [2.75, 3.05) is 0 Å². The second-order valence-corrected chi connectivity index (χ2v) is 5.97. The first-order valence-corrected chi connectivity index (χ1v) is 6.60. The van der Waals surface area contributed by atoms with Crippen LogP contribution in [0.2, 0.25) is 0 Å². The maximum Gasteiger partial charge on any atom is 0.286 e. The van der Waals surface area contributed by atoms with Gasteiger partial charge in [-0.25, -0.2) is 0 Å². The third-order valence-electron chi connectivity index (χ3n) is 2.02. The Labute approximate surface area is 101 Å². The van der Waals surface area contributed by atoms with Crippen molar-refractivity contribution in [2.24, 2.45) is 7.05 Å². The molecule has 0 radical (unpaired) electrons. The van der Waals surface area contributed by atoms with Crippen molar-refractivity contribution in [3.8, 4) is 0 Å².